The first kappa shape index (κ1) is 22.8. The van der Waals surface area contributed by atoms with Gasteiger partial charge in [-0.05, 0) is 50.8 Å². The van der Waals surface area contributed by atoms with Gasteiger partial charge in [0.2, 0.25) is 0 Å². The fourth-order valence-electron chi connectivity index (χ4n) is 2.61. The van der Waals surface area contributed by atoms with E-state index in [9.17, 15) is 9.59 Å². The number of halogens is 1. The number of benzene rings is 1. The van der Waals surface area contributed by atoms with Crippen molar-refractivity contribution in [3.8, 4) is 0 Å². The Morgan fingerprint density at radius 2 is 1.88 bits per heavy atom. The summed E-state index contributed by atoms with van der Waals surface area (Å²) in [5, 5.41) is 3.29. The van der Waals surface area contributed by atoms with E-state index in [1.165, 1.54) is 0 Å². The smallest absolute Gasteiger partial charge is 0.323 e. The molecule has 146 valence electrons. The lowest BCUT2D eigenvalue weighted by Crippen LogP contribution is -2.44. The van der Waals surface area contributed by atoms with E-state index in [-0.39, 0.29) is 17.7 Å². The second kappa shape index (κ2) is 10.2. The standard InChI is InChI=1S/C21H32BrNO3/c1-7-8-9-18(24)17-12-16(22)11-10-15(17)13-23-19(14(2)3)20(25)26-21(4,5)6/h10-12,14,19,23H,7-9,13H2,1-6H3/t19-/m0/s1. The van der Waals surface area contributed by atoms with E-state index >= 15 is 0 Å². The number of carbonyl (C=O) groups is 2. The zero-order valence-corrected chi connectivity index (χ0v) is 18.4. The van der Waals surface area contributed by atoms with Crippen LogP contribution in [0.2, 0.25) is 0 Å². The number of ketones is 1. The number of ether oxygens (including phenoxy) is 1. The Hall–Kier alpha value is -1.20. The normalized spacial score (nSPS) is 12.9. The highest BCUT2D eigenvalue weighted by Crippen LogP contribution is 2.20. The molecule has 26 heavy (non-hydrogen) atoms. The van der Waals surface area contributed by atoms with E-state index in [0.717, 1.165) is 22.9 Å². The van der Waals surface area contributed by atoms with Crippen LogP contribution in [0.15, 0.2) is 22.7 Å². The van der Waals surface area contributed by atoms with Crippen molar-refractivity contribution in [3.05, 3.63) is 33.8 Å². The summed E-state index contributed by atoms with van der Waals surface area (Å²) in [4.78, 5) is 25.0. The summed E-state index contributed by atoms with van der Waals surface area (Å²) in [5.74, 6) is -0.0358. The van der Waals surface area contributed by atoms with E-state index in [1.54, 1.807) is 0 Å². The highest BCUT2D eigenvalue weighted by molar-refractivity contribution is 9.10. The van der Waals surface area contributed by atoms with Crippen LogP contribution in [-0.4, -0.2) is 23.4 Å². The minimum atomic E-state index is -0.523. The van der Waals surface area contributed by atoms with Crippen LogP contribution < -0.4 is 5.32 Å². The minimum absolute atomic E-state index is 0.0829. The molecule has 1 aromatic carbocycles. The van der Waals surface area contributed by atoms with Crippen LogP contribution in [0.25, 0.3) is 0 Å². The molecule has 0 saturated carbocycles. The average molecular weight is 426 g/mol. The maximum absolute atomic E-state index is 12.5. The van der Waals surface area contributed by atoms with Crippen molar-refractivity contribution in [2.24, 2.45) is 5.92 Å². The van der Waals surface area contributed by atoms with Crippen molar-refractivity contribution in [2.45, 2.75) is 79.0 Å². The summed E-state index contributed by atoms with van der Waals surface area (Å²) >= 11 is 3.45. The van der Waals surface area contributed by atoms with E-state index in [1.807, 2.05) is 52.8 Å². The molecule has 1 rings (SSSR count). The molecule has 0 amide bonds. The maximum Gasteiger partial charge on any atom is 0.323 e. The summed E-state index contributed by atoms with van der Waals surface area (Å²) in [6.45, 7) is 12.1. The van der Waals surface area contributed by atoms with Crippen LogP contribution in [0.1, 0.15) is 76.7 Å². The molecule has 0 spiro atoms. The summed E-state index contributed by atoms with van der Waals surface area (Å²) in [6, 6.07) is 5.30. The average Bonchev–Trinajstić information content (AvgIpc) is 2.51. The second-order valence-electron chi connectivity index (χ2n) is 7.96. The van der Waals surface area contributed by atoms with Crippen molar-refractivity contribution in [1.29, 1.82) is 0 Å². The number of nitrogens with one attached hydrogen (secondary N) is 1. The third kappa shape index (κ3) is 7.58. The molecule has 0 aliphatic carbocycles. The van der Waals surface area contributed by atoms with Crippen LogP contribution in [-0.2, 0) is 16.1 Å². The minimum Gasteiger partial charge on any atom is -0.459 e. The van der Waals surface area contributed by atoms with Gasteiger partial charge in [-0.15, -0.1) is 0 Å². The van der Waals surface area contributed by atoms with E-state index < -0.39 is 11.6 Å². The quantitative estimate of drug-likeness (QED) is 0.431. The van der Waals surface area contributed by atoms with Gasteiger partial charge in [-0.3, -0.25) is 9.59 Å². The number of Topliss-reactive ketones (excluding diaryl/α,β-unsaturated/α-hetero) is 1. The number of rotatable bonds is 9. The molecule has 0 radical (unpaired) electrons. The Kier molecular flexibility index (Phi) is 8.97. The van der Waals surface area contributed by atoms with Gasteiger partial charge in [0.15, 0.2) is 5.78 Å². The summed E-state index contributed by atoms with van der Waals surface area (Å²) in [7, 11) is 0. The summed E-state index contributed by atoms with van der Waals surface area (Å²) < 4.78 is 6.41. The maximum atomic E-state index is 12.5. The molecule has 0 fully saturated rings. The number of carbonyl (C=O) groups excluding carboxylic acids is 2. The van der Waals surface area contributed by atoms with Crippen LogP contribution in [0.3, 0.4) is 0 Å². The van der Waals surface area contributed by atoms with Crippen LogP contribution in [0.4, 0.5) is 0 Å². The molecule has 0 aliphatic rings. The molecule has 0 saturated heterocycles. The first-order valence-corrected chi connectivity index (χ1v) is 10.1. The zero-order chi connectivity index (χ0) is 19.9. The molecule has 0 heterocycles. The Balaban J connectivity index is 2.92. The monoisotopic (exact) mass is 425 g/mol. The molecule has 0 bridgehead atoms. The molecular weight excluding hydrogens is 394 g/mol. The van der Waals surface area contributed by atoms with Crippen molar-refractivity contribution < 1.29 is 14.3 Å². The largest absolute Gasteiger partial charge is 0.459 e. The number of unbranched alkanes of at least 4 members (excludes halogenated alkanes) is 1. The molecule has 0 aliphatic heterocycles. The molecule has 1 atom stereocenters. The van der Waals surface area contributed by atoms with Crippen molar-refractivity contribution in [2.75, 3.05) is 0 Å². The van der Waals surface area contributed by atoms with Gasteiger partial charge in [0, 0.05) is 23.0 Å². The first-order chi connectivity index (χ1) is 12.0. The van der Waals surface area contributed by atoms with Crippen molar-refractivity contribution in [3.63, 3.8) is 0 Å². The Bertz CT molecular complexity index is 620. The van der Waals surface area contributed by atoms with Crippen LogP contribution >= 0.6 is 15.9 Å². The van der Waals surface area contributed by atoms with E-state index in [2.05, 4.69) is 28.2 Å². The predicted octanol–water partition coefficient (Wildman–Crippen LogP) is 5.28. The Morgan fingerprint density at radius 3 is 2.42 bits per heavy atom. The van der Waals surface area contributed by atoms with Gasteiger partial charge in [0.1, 0.15) is 11.6 Å². The molecular formula is C21H32BrNO3. The third-order valence-corrected chi connectivity index (χ3v) is 4.46. The highest BCUT2D eigenvalue weighted by atomic mass is 79.9. The van der Waals surface area contributed by atoms with Gasteiger partial charge < -0.3 is 10.1 Å². The fourth-order valence-corrected chi connectivity index (χ4v) is 2.97. The molecule has 0 aromatic heterocycles. The number of esters is 1. The van der Waals surface area contributed by atoms with Gasteiger partial charge in [-0.1, -0.05) is 49.2 Å². The fraction of sp³-hybridized carbons (Fsp3) is 0.619. The highest BCUT2D eigenvalue weighted by Gasteiger charge is 2.27. The third-order valence-electron chi connectivity index (χ3n) is 3.97. The number of hydrogen-bond donors (Lipinski definition) is 1. The van der Waals surface area contributed by atoms with Crippen molar-refractivity contribution in [1.82, 2.24) is 5.32 Å². The zero-order valence-electron chi connectivity index (χ0n) is 16.8. The Morgan fingerprint density at radius 1 is 1.23 bits per heavy atom. The van der Waals surface area contributed by atoms with E-state index in [0.29, 0.717) is 18.5 Å². The molecule has 1 N–H and O–H groups in total. The molecule has 0 unspecified atom stereocenters. The van der Waals surface area contributed by atoms with Gasteiger partial charge in [0.25, 0.3) is 0 Å². The van der Waals surface area contributed by atoms with Crippen molar-refractivity contribution >= 4 is 27.7 Å². The van der Waals surface area contributed by atoms with E-state index in [4.69, 9.17) is 4.74 Å². The van der Waals surface area contributed by atoms with Gasteiger partial charge in [-0.25, -0.2) is 0 Å². The first-order valence-electron chi connectivity index (χ1n) is 9.33. The van der Waals surface area contributed by atoms with Gasteiger partial charge in [-0.2, -0.15) is 0 Å². The molecule has 1 aromatic rings. The van der Waals surface area contributed by atoms with Gasteiger partial charge >= 0.3 is 5.97 Å². The number of hydrogen-bond acceptors (Lipinski definition) is 4. The SMILES string of the molecule is CCCCC(=O)c1cc(Br)ccc1CN[C@H](C(=O)OC(C)(C)C)C(C)C. The van der Waals surface area contributed by atoms with Gasteiger partial charge in [0.05, 0.1) is 0 Å². The summed E-state index contributed by atoms with van der Waals surface area (Å²) in [5.41, 5.74) is 1.10. The van der Waals surface area contributed by atoms with Crippen LogP contribution in [0.5, 0.6) is 0 Å². The van der Waals surface area contributed by atoms with Crippen LogP contribution in [0, 0.1) is 5.92 Å². The Labute approximate surface area is 166 Å². The molecule has 4 nitrogen and oxygen atoms in total. The lowest BCUT2D eigenvalue weighted by molar-refractivity contribution is -0.158. The lowest BCUT2D eigenvalue weighted by Gasteiger charge is -2.27. The topological polar surface area (TPSA) is 55.4 Å². The predicted molar refractivity (Wildman–Crippen MR) is 109 cm³/mol. The molecule has 5 heteroatoms. The second-order valence-corrected chi connectivity index (χ2v) is 8.88. The summed E-state index contributed by atoms with van der Waals surface area (Å²) in [6.07, 6.45) is 2.41. The lowest BCUT2D eigenvalue weighted by atomic mass is 9.98.